The molecule has 1 N–H and O–H groups in total. The van der Waals surface area contributed by atoms with Gasteiger partial charge in [-0.25, -0.2) is 0 Å². The van der Waals surface area contributed by atoms with Crippen LogP contribution in [0.2, 0.25) is 0 Å². The van der Waals surface area contributed by atoms with Crippen molar-refractivity contribution in [1.82, 2.24) is 0 Å². The molecule has 0 bridgehead atoms. The minimum absolute atomic E-state index is 0.107. The lowest BCUT2D eigenvalue weighted by Gasteiger charge is -2.22. The van der Waals surface area contributed by atoms with Gasteiger partial charge in [0.25, 0.3) is 0 Å². The average molecular weight is 284 g/mol. The summed E-state index contributed by atoms with van der Waals surface area (Å²) in [5, 5.41) is 0. The van der Waals surface area contributed by atoms with E-state index >= 15 is 0 Å². The van der Waals surface area contributed by atoms with Crippen molar-refractivity contribution < 1.29 is 18.9 Å². The van der Waals surface area contributed by atoms with Gasteiger partial charge in [-0.15, -0.1) is 0 Å². The molecule has 1 rings (SSSR count). The van der Waals surface area contributed by atoms with Crippen LogP contribution in [0.3, 0.4) is 0 Å². The SMILES string of the molecule is CO[C@@H](Cc1ccccc1)[C@@H](/C=C/P(O)OC)OC. The summed E-state index contributed by atoms with van der Waals surface area (Å²) < 4.78 is 15.7. The van der Waals surface area contributed by atoms with Gasteiger partial charge in [0, 0.05) is 27.8 Å². The summed E-state index contributed by atoms with van der Waals surface area (Å²) in [7, 11) is 3.23. The van der Waals surface area contributed by atoms with Gasteiger partial charge in [-0.05, 0) is 17.5 Å². The Bertz CT molecular complexity index is 369. The molecular formula is C14H21O4P. The molecule has 1 aromatic rings. The lowest BCUT2D eigenvalue weighted by molar-refractivity contribution is -0.0106. The predicted octanol–water partition coefficient (Wildman–Crippen LogP) is 2.72. The zero-order valence-corrected chi connectivity index (χ0v) is 12.4. The highest BCUT2D eigenvalue weighted by Gasteiger charge is 2.19. The molecule has 5 heteroatoms. The van der Waals surface area contributed by atoms with E-state index in [9.17, 15) is 4.89 Å². The lowest BCUT2D eigenvalue weighted by Crippen LogP contribution is -2.30. The highest BCUT2D eigenvalue weighted by atomic mass is 31.2. The summed E-state index contributed by atoms with van der Waals surface area (Å²) in [4.78, 5) is 9.41. The van der Waals surface area contributed by atoms with Crippen LogP contribution in [-0.2, 0) is 20.4 Å². The third kappa shape index (κ3) is 5.81. The van der Waals surface area contributed by atoms with Crippen LogP contribution in [0.25, 0.3) is 0 Å². The highest BCUT2D eigenvalue weighted by Crippen LogP contribution is 2.31. The van der Waals surface area contributed by atoms with E-state index in [1.54, 1.807) is 26.1 Å². The van der Waals surface area contributed by atoms with Gasteiger partial charge in [0.05, 0.1) is 6.10 Å². The number of ether oxygens (including phenoxy) is 2. The molecule has 0 aliphatic carbocycles. The van der Waals surface area contributed by atoms with Crippen molar-refractivity contribution in [3.63, 3.8) is 0 Å². The van der Waals surface area contributed by atoms with Gasteiger partial charge in [0.15, 0.2) is 8.38 Å². The van der Waals surface area contributed by atoms with E-state index in [0.717, 1.165) is 6.42 Å². The summed E-state index contributed by atoms with van der Waals surface area (Å²) >= 11 is 0. The summed E-state index contributed by atoms with van der Waals surface area (Å²) in [5.74, 6) is 1.61. The number of hydrogen-bond acceptors (Lipinski definition) is 4. The minimum Gasteiger partial charge on any atom is -0.378 e. The molecule has 1 aromatic carbocycles. The number of rotatable bonds is 8. The Hall–Kier alpha value is -0.770. The second kappa shape index (κ2) is 9.18. The van der Waals surface area contributed by atoms with Gasteiger partial charge >= 0.3 is 0 Å². The molecule has 0 fully saturated rings. The molecule has 0 aromatic heterocycles. The van der Waals surface area contributed by atoms with Crippen molar-refractivity contribution in [1.29, 1.82) is 0 Å². The van der Waals surface area contributed by atoms with Crippen LogP contribution >= 0.6 is 8.38 Å². The molecule has 0 heterocycles. The molecule has 0 saturated heterocycles. The van der Waals surface area contributed by atoms with E-state index in [0.29, 0.717) is 0 Å². The van der Waals surface area contributed by atoms with Gasteiger partial charge in [-0.2, -0.15) is 0 Å². The second-order valence-electron chi connectivity index (χ2n) is 3.99. The van der Waals surface area contributed by atoms with E-state index in [1.165, 1.54) is 12.7 Å². The molecule has 106 valence electrons. The Kier molecular flexibility index (Phi) is 7.87. The standard InChI is InChI=1S/C14H21O4P/c1-16-13(9-10-19(15)18-3)14(17-2)11-12-7-5-4-6-8-12/h4-10,13-15H,11H2,1-3H3/b10-9+/t13-,14+,19?/m1/s1. The molecular weight excluding hydrogens is 263 g/mol. The number of methoxy groups -OCH3 is 2. The summed E-state index contributed by atoms with van der Waals surface area (Å²) in [5.41, 5.74) is 1.18. The van der Waals surface area contributed by atoms with E-state index in [4.69, 9.17) is 14.0 Å². The highest BCUT2D eigenvalue weighted by molar-refractivity contribution is 7.49. The minimum atomic E-state index is -1.52. The molecule has 19 heavy (non-hydrogen) atoms. The van der Waals surface area contributed by atoms with Gasteiger partial charge in [0.2, 0.25) is 0 Å². The van der Waals surface area contributed by atoms with Gasteiger partial charge in [-0.3, -0.25) is 0 Å². The fourth-order valence-corrected chi connectivity index (χ4v) is 2.19. The zero-order valence-electron chi connectivity index (χ0n) is 11.5. The molecule has 4 nitrogen and oxygen atoms in total. The van der Waals surface area contributed by atoms with Crippen LogP contribution < -0.4 is 0 Å². The van der Waals surface area contributed by atoms with Crippen molar-refractivity contribution >= 4 is 8.38 Å². The van der Waals surface area contributed by atoms with Crippen LogP contribution in [-0.4, -0.2) is 38.4 Å². The zero-order chi connectivity index (χ0) is 14.1. The average Bonchev–Trinajstić information content (AvgIpc) is 2.47. The fourth-order valence-electron chi connectivity index (χ4n) is 1.75. The van der Waals surface area contributed by atoms with E-state index in [2.05, 4.69) is 12.1 Å². The number of benzene rings is 1. The first-order valence-corrected chi connectivity index (χ1v) is 7.29. The van der Waals surface area contributed by atoms with Crippen molar-refractivity contribution in [3.8, 4) is 0 Å². The summed E-state index contributed by atoms with van der Waals surface area (Å²) in [6.07, 6.45) is 2.20. The van der Waals surface area contributed by atoms with E-state index in [1.807, 2.05) is 18.2 Å². The Labute approximate surface area is 115 Å². The Balaban J connectivity index is 2.67. The Morgan fingerprint density at radius 1 is 1.16 bits per heavy atom. The molecule has 0 saturated carbocycles. The summed E-state index contributed by atoms with van der Waals surface area (Å²) in [6, 6.07) is 10.1. The van der Waals surface area contributed by atoms with Gasteiger partial charge in [-0.1, -0.05) is 30.3 Å². The second-order valence-corrected chi connectivity index (χ2v) is 5.26. The molecule has 0 amide bonds. The van der Waals surface area contributed by atoms with Crippen LogP contribution in [0, 0.1) is 0 Å². The Morgan fingerprint density at radius 3 is 2.37 bits per heavy atom. The largest absolute Gasteiger partial charge is 0.378 e. The van der Waals surface area contributed by atoms with Crippen LogP contribution in [0.15, 0.2) is 42.2 Å². The smallest absolute Gasteiger partial charge is 0.194 e. The fraction of sp³-hybridized carbons (Fsp3) is 0.429. The van der Waals surface area contributed by atoms with E-state index in [-0.39, 0.29) is 12.2 Å². The third-order valence-corrected chi connectivity index (χ3v) is 3.61. The predicted molar refractivity (Wildman–Crippen MR) is 77.0 cm³/mol. The molecule has 3 atom stereocenters. The maximum atomic E-state index is 9.41. The van der Waals surface area contributed by atoms with Gasteiger partial charge < -0.3 is 18.9 Å². The quantitative estimate of drug-likeness (QED) is 0.746. The Morgan fingerprint density at radius 2 is 1.84 bits per heavy atom. The normalized spacial score (nSPS) is 16.4. The summed E-state index contributed by atoms with van der Waals surface area (Å²) in [6.45, 7) is 0. The first-order chi connectivity index (χ1) is 9.21. The molecule has 0 aliphatic heterocycles. The van der Waals surface area contributed by atoms with E-state index < -0.39 is 8.38 Å². The van der Waals surface area contributed by atoms with Crippen molar-refractivity contribution in [2.45, 2.75) is 18.6 Å². The first kappa shape index (κ1) is 16.3. The van der Waals surface area contributed by atoms with Crippen LogP contribution in [0.5, 0.6) is 0 Å². The monoisotopic (exact) mass is 284 g/mol. The molecule has 0 radical (unpaired) electrons. The molecule has 0 spiro atoms. The van der Waals surface area contributed by atoms with Crippen LogP contribution in [0.1, 0.15) is 5.56 Å². The lowest BCUT2D eigenvalue weighted by atomic mass is 10.0. The maximum Gasteiger partial charge on any atom is 0.194 e. The first-order valence-electron chi connectivity index (χ1n) is 6.01. The molecule has 1 unspecified atom stereocenters. The van der Waals surface area contributed by atoms with Gasteiger partial charge in [0.1, 0.15) is 6.10 Å². The third-order valence-electron chi connectivity index (χ3n) is 2.81. The van der Waals surface area contributed by atoms with Crippen molar-refractivity contribution in [2.75, 3.05) is 21.3 Å². The van der Waals surface area contributed by atoms with Crippen molar-refractivity contribution in [2.24, 2.45) is 0 Å². The van der Waals surface area contributed by atoms with Crippen LogP contribution in [0.4, 0.5) is 0 Å². The topological polar surface area (TPSA) is 47.9 Å². The molecule has 0 aliphatic rings. The van der Waals surface area contributed by atoms with Crippen molar-refractivity contribution in [3.05, 3.63) is 47.8 Å². The number of hydrogen-bond donors (Lipinski definition) is 1. The maximum absolute atomic E-state index is 9.41.